The summed E-state index contributed by atoms with van der Waals surface area (Å²) in [5.74, 6) is 0. The van der Waals surface area contributed by atoms with Gasteiger partial charge in [0.05, 0.1) is 0 Å². The van der Waals surface area contributed by atoms with Gasteiger partial charge in [-0.2, -0.15) is 0 Å². The van der Waals surface area contributed by atoms with Crippen molar-refractivity contribution in [2.24, 2.45) is 0 Å². The fourth-order valence-corrected chi connectivity index (χ4v) is 0.884. The molecule has 30 valence electrons. The van der Waals surface area contributed by atoms with Crippen molar-refractivity contribution in [3.8, 4) is 0 Å². The first-order valence-electron chi connectivity index (χ1n) is 2.71. The first-order valence-corrected chi connectivity index (χ1v) is 2.71. The van der Waals surface area contributed by atoms with Gasteiger partial charge in [-0.1, -0.05) is 0 Å². The van der Waals surface area contributed by atoms with Gasteiger partial charge in [0.25, 0.3) is 0 Å². The van der Waals surface area contributed by atoms with Crippen LogP contribution in [0.4, 0.5) is 0 Å². The third-order valence-electron chi connectivity index (χ3n) is 1.71. The Hall–Kier alpha value is 0.597. The van der Waals surface area contributed by atoms with E-state index in [1.807, 2.05) is 0 Å². The zero-order valence-electron chi connectivity index (χ0n) is 4.62. The Morgan fingerprint density at radius 1 is 1.50 bits per heavy atom. The van der Waals surface area contributed by atoms with Crippen LogP contribution < -0.4 is 0 Å². The molecule has 0 atom stereocenters. The summed E-state index contributed by atoms with van der Waals surface area (Å²) in [6.07, 6.45) is 4.37. The minimum absolute atomic E-state index is 0.722. The van der Waals surface area contributed by atoms with Gasteiger partial charge in [-0.3, -0.25) is 0 Å². The molecule has 1 saturated carbocycles. The second-order valence-corrected chi connectivity index (χ2v) is 3.02. The van der Waals surface area contributed by atoms with Crippen LogP contribution in [-0.2, 0) is 0 Å². The van der Waals surface area contributed by atoms with E-state index in [1.165, 1.54) is 19.3 Å². The van der Waals surface area contributed by atoms with Crippen LogP contribution in [0.3, 0.4) is 0 Å². The molecule has 0 heterocycles. The summed E-state index contributed by atoms with van der Waals surface area (Å²) >= 11 is 2.33. The molecule has 1 aliphatic rings. The summed E-state index contributed by atoms with van der Waals surface area (Å²) in [5, 5.41) is 0. The van der Waals surface area contributed by atoms with Crippen molar-refractivity contribution in [2.75, 3.05) is 0 Å². The van der Waals surface area contributed by atoms with Gasteiger partial charge in [0.1, 0.15) is 0 Å². The molecule has 0 N–H and O–H groups in total. The number of hydrogen-bond donors (Lipinski definition) is 0. The third kappa shape index (κ3) is 0.805. The fraction of sp³-hybridized carbons (Fsp3) is 1.00. The first kappa shape index (κ1) is 4.75. The summed E-state index contributed by atoms with van der Waals surface area (Å²) in [7, 11) is 0. The van der Waals surface area contributed by atoms with E-state index in [9.17, 15) is 0 Å². The van der Waals surface area contributed by atoms with Crippen molar-refractivity contribution in [1.29, 1.82) is 0 Å². The molecule has 0 unspecified atom stereocenters. The molecule has 1 rings (SSSR count). The Balaban J connectivity index is 2.31. The van der Waals surface area contributed by atoms with Crippen molar-refractivity contribution in [3.05, 3.63) is 0 Å². The Bertz CT molecular complexity index is 51.0. The first-order chi connectivity index (χ1) is 2.71. The molecule has 0 aromatic heterocycles. The maximum atomic E-state index is 2.33. The summed E-state index contributed by atoms with van der Waals surface area (Å²) in [5.41, 5.74) is 0. The van der Waals surface area contributed by atoms with E-state index in [0.717, 1.165) is 4.09 Å². The Labute approximate surface area is 48.5 Å². The van der Waals surface area contributed by atoms with Gasteiger partial charge in [0.15, 0.2) is 0 Å². The summed E-state index contributed by atoms with van der Waals surface area (Å²) in [4.78, 5) is 0. The summed E-state index contributed by atoms with van der Waals surface area (Å²) in [6.45, 7) is 2.33. The van der Waals surface area contributed by atoms with Crippen molar-refractivity contribution >= 4 is 17.7 Å². The molecule has 1 heteroatoms. The molecule has 0 amide bonds. The Morgan fingerprint density at radius 2 is 1.83 bits per heavy atom. The van der Waals surface area contributed by atoms with E-state index in [2.05, 4.69) is 24.6 Å². The average Bonchev–Trinajstić information content (AvgIpc) is 1.32. The number of hydrogen-bond acceptors (Lipinski definition) is 0. The molecule has 0 radical (unpaired) electrons. The standard InChI is InChI=1S/C5H9.Li/c1-5-3-2-4-5;/h2-4H2,1H3;. The van der Waals surface area contributed by atoms with Crippen LogP contribution in [0, 0.1) is 0 Å². The number of rotatable bonds is 0. The maximum absolute atomic E-state index is 2.33. The van der Waals surface area contributed by atoms with Gasteiger partial charge < -0.3 is 0 Å². The molecule has 0 aromatic carbocycles. The molecule has 0 saturated heterocycles. The van der Waals surface area contributed by atoms with Crippen molar-refractivity contribution in [3.63, 3.8) is 0 Å². The van der Waals surface area contributed by atoms with Gasteiger partial charge in [-0.05, 0) is 0 Å². The zero-order chi connectivity index (χ0) is 4.62. The molecule has 1 fully saturated rings. The summed E-state index contributed by atoms with van der Waals surface area (Å²) < 4.78 is 0.722. The molecule has 0 aromatic rings. The van der Waals surface area contributed by atoms with Crippen LogP contribution in [-0.4, -0.2) is 17.7 Å². The quantitative estimate of drug-likeness (QED) is 0.384. The Morgan fingerprint density at radius 3 is 1.83 bits per heavy atom. The van der Waals surface area contributed by atoms with Gasteiger partial charge in [0, 0.05) is 0 Å². The predicted octanol–water partition coefficient (Wildman–Crippen LogP) is 1.52. The van der Waals surface area contributed by atoms with Gasteiger partial charge in [-0.25, -0.2) is 0 Å². The van der Waals surface area contributed by atoms with Crippen molar-refractivity contribution < 1.29 is 0 Å². The predicted molar refractivity (Wildman–Crippen MR) is 28.0 cm³/mol. The third-order valence-corrected chi connectivity index (χ3v) is 1.71. The van der Waals surface area contributed by atoms with E-state index in [-0.39, 0.29) is 0 Å². The minimum atomic E-state index is 0.722. The molecular formula is C5H9Li. The average molecular weight is 76.1 g/mol. The van der Waals surface area contributed by atoms with Crippen LogP contribution in [0.5, 0.6) is 0 Å². The van der Waals surface area contributed by atoms with Gasteiger partial charge in [-0.15, -0.1) is 0 Å². The van der Waals surface area contributed by atoms with Crippen LogP contribution in [0.1, 0.15) is 26.2 Å². The molecule has 1 aliphatic carbocycles. The van der Waals surface area contributed by atoms with Crippen LogP contribution in [0.15, 0.2) is 0 Å². The SMILES string of the molecule is [Li][C]1(C)CCC1. The topological polar surface area (TPSA) is 0 Å². The molecular weight excluding hydrogens is 67.0 g/mol. The molecule has 6 heavy (non-hydrogen) atoms. The van der Waals surface area contributed by atoms with Gasteiger partial charge >= 0.3 is 48.0 Å². The van der Waals surface area contributed by atoms with E-state index < -0.39 is 0 Å². The molecule has 0 aliphatic heterocycles. The van der Waals surface area contributed by atoms with Crippen LogP contribution >= 0.6 is 0 Å². The second kappa shape index (κ2) is 1.28. The summed E-state index contributed by atoms with van der Waals surface area (Å²) in [6, 6.07) is 0. The monoisotopic (exact) mass is 76.1 g/mol. The Kier molecular flexibility index (Phi) is 1.02. The normalized spacial score (nSPS) is 29.2. The van der Waals surface area contributed by atoms with E-state index in [1.54, 1.807) is 0 Å². The molecule has 0 nitrogen and oxygen atoms in total. The van der Waals surface area contributed by atoms with Gasteiger partial charge in [0.2, 0.25) is 0 Å². The fourth-order valence-electron chi connectivity index (χ4n) is 0.884. The van der Waals surface area contributed by atoms with E-state index >= 15 is 0 Å². The van der Waals surface area contributed by atoms with Crippen LogP contribution in [0.2, 0.25) is 4.09 Å². The van der Waals surface area contributed by atoms with Crippen molar-refractivity contribution in [2.45, 2.75) is 30.3 Å². The second-order valence-electron chi connectivity index (χ2n) is 3.02. The van der Waals surface area contributed by atoms with Crippen molar-refractivity contribution in [1.82, 2.24) is 0 Å². The van der Waals surface area contributed by atoms with Crippen LogP contribution in [0.25, 0.3) is 0 Å². The molecule has 0 bridgehead atoms. The van der Waals surface area contributed by atoms with E-state index in [4.69, 9.17) is 0 Å². The van der Waals surface area contributed by atoms with E-state index in [0.29, 0.717) is 0 Å². The zero-order valence-corrected chi connectivity index (χ0v) is 4.62. The molecule has 0 spiro atoms.